The Morgan fingerprint density at radius 1 is 1.28 bits per heavy atom. The van der Waals surface area contributed by atoms with Crippen molar-refractivity contribution in [3.05, 3.63) is 39.8 Å². The van der Waals surface area contributed by atoms with Gasteiger partial charge in [0.25, 0.3) is 0 Å². The van der Waals surface area contributed by atoms with Gasteiger partial charge in [-0.3, -0.25) is 0 Å². The third-order valence-electron chi connectivity index (χ3n) is 4.92. The minimum absolute atomic E-state index is 0.00509. The molecule has 2 aromatic rings. The number of rotatable bonds is 4. The molecule has 4 rings (SSSR count). The van der Waals surface area contributed by atoms with Crippen LogP contribution in [0.1, 0.15) is 23.1 Å². The lowest BCUT2D eigenvalue weighted by Gasteiger charge is -2.22. The zero-order valence-corrected chi connectivity index (χ0v) is 15.9. The standard InChI is InChI=1S/C18H15ClF4N2O4/c1-26-8-28-12-5-9(18(21,22)23)4-11(20)13(12)15-10-6-29-17(2-3-27-7-17)14(10)16(19)25-24-15/h4-5H,2-3,6-8H2,1H3. The Hall–Kier alpha value is -2.01. The SMILES string of the molecule is COCOc1cc(C(F)(F)F)cc(F)c1-c1nnc(Cl)c2c1COC21CCOC1. The van der Waals surface area contributed by atoms with Crippen LogP contribution in [-0.2, 0) is 32.6 Å². The van der Waals surface area contributed by atoms with E-state index in [0.29, 0.717) is 36.3 Å². The molecule has 0 aliphatic carbocycles. The molecule has 2 aliphatic heterocycles. The number of ether oxygens (including phenoxy) is 4. The summed E-state index contributed by atoms with van der Waals surface area (Å²) >= 11 is 6.24. The quantitative estimate of drug-likeness (QED) is 0.533. The number of hydrogen-bond donors (Lipinski definition) is 0. The van der Waals surface area contributed by atoms with Crippen molar-refractivity contribution >= 4 is 11.6 Å². The summed E-state index contributed by atoms with van der Waals surface area (Å²) in [5.74, 6) is -1.53. The Bertz CT molecular complexity index is 948. The summed E-state index contributed by atoms with van der Waals surface area (Å²) in [5, 5.41) is 7.92. The van der Waals surface area contributed by atoms with E-state index in [1.165, 1.54) is 7.11 Å². The number of fused-ring (bicyclic) bond motifs is 2. The predicted molar refractivity (Wildman–Crippen MR) is 91.8 cm³/mol. The van der Waals surface area contributed by atoms with E-state index in [1.807, 2.05) is 0 Å². The van der Waals surface area contributed by atoms with Crippen LogP contribution in [0.5, 0.6) is 5.75 Å². The van der Waals surface area contributed by atoms with E-state index in [2.05, 4.69) is 10.2 Å². The highest BCUT2D eigenvalue weighted by Crippen LogP contribution is 2.49. The van der Waals surface area contributed by atoms with Gasteiger partial charge in [0.2, 0.25) is 0 Å². The zero-order chi connectivity index (χ0) is 20.8. The molecular formula is C18H15ClF4N2O4. The van der Waals surface area contributed by atoms with Gasteiger partial charge in [-0.1, -0.05) is 11.6 Å². The Morgan fingerprint density at radius 3 is 2.72 bits per heavy atom. The van der Waals surface area contributed by atoms with Crippen LogP contribution < -0.4 is 4.74 Å². The van der Waals surface area contributed by atoms with Crippen molar-refractivity contribution in [3.8, 4) is 17.0 Å². The second-order valence-electron chi connectivity index (χ2n) is 6.66. The Balaban J connectivity index is 1.91. The fourth-order valence-corrected chi connectivity index (χ4v) is 3.93. The van der Waals surface area contributed by atoms with E-state index in [-0.39, 0.29) is 42.2 Å². The molecule has 0 N–H and O–H groups in total. The minimum atomic E-state index is -4.76. The maximum atomic E-state index is 14.9. The molecule has 29 heavy (non-hydrogen) atoms. The first kappa shape index (κ1) is 20.3. The lowest BCUT2D eigenvalue weighted by molar-refractivity contribution is -0.137. The molecule has 0 bridgehead atoms. The van der Waals surface area contributed by atoms with Crippen molar-refractivity contribution < 1.29 is 36.5 Å². The van der Waals surface area contributed by atoms with Crippen molar-refractivity contribution in [3.63, 3.8) is 0 Å². The van der Waals surface area contributed by atoms with Gasteiger partial charge < -0.3 is 18.9 Å². The monoisotopic (exact) mass is 434 g/mol. The number of halogens is 5. The Kier molecular flexibility index (Phi) is 5.14. The average Bonchev–Trinajstić information content (AvgIpc) is 3.29. The van der Waals surface area contributed by atoms with Crippen LogP contribution >= 0.6 is 11.6 Å². The van der Waals surface area contributed by atoms with Crippen molar-refractivity contribution in [1.29, 1.82) is 0 Å². The van der Waals surface area contributed by atoms with Crippen molar-refractivity contribution in [2.45, 2.75) is 24.8 Å². The number of benzene rings is 1. The van der Waals surface area contributed by atoms with Gasteiger partial charge in [-0.15, -0.1) is 10.2 Å². The summed E-state index contributed by atoms with van der Waals surface area (Å²) in [6, 6.07) is 1.09. The first-order valence-corrected chi connectivity index (χ1v) is 8.95. The molecule has 1 spiro atoms. The third kappa shape index (κ3) is 3.43. The Labute approximate surface area is 167 Å². The van der Waals surface area contributed by atoms with Crippen molar-refractivity contribution in [2.75, 3.05) is 27.1 Å². The molecule has 1 aromatic heterocycles. The van der Waals surface area contributed by atoms with Crippen LogP contribution in [0, 0.1) is 5.82 Å². The number of methoxy groups -OCH3 is 1. The second kappa shape index (κ2) is 7.35. The number of aromatic nitrogens is 2. The van der Waals surface area contributed by atoms with Crippen molar-refractivity contribution in [1.82, 2.24) is 10.2 Å². The van der Waals surface area contributed by atoms with Crippen molar-refractivity contribution in [2.24, 2.45) is 0 Å². The van der Waals surface area contributed by atoms with Gasteiger partial charge in [0.05, 0.1) is 24.3 Å². The van der Waals surface area contributed by atoms with Gasteiger partial charge in [0.1, 0.15) is 22.9 Å². The molecule has 1 saturated heterocycles. The number of alkyl halides is 3. The van der Waals surface area contributed by atoms with E-state index < -0.39 is 23.2 Å². The fourth-order valence-electron chi connectivity index (χ4n) is 3.60. The molecule has 1 atom stereocenters. The Morgan fingerprint density at radius 2 is 2.07 bits per heavy atom. The highest BCUT2D eigenvalue weighted by atomic mass is 35.5. The highest BCUT2D eigenvalue weighted by molar-refractivity contribution is 6.30. The molecule has 156 valence electrons. The van der Waals surface area contributed by atoms with Gasteiger partial charge >= 0.3 is 6.18 Å². The van der Waals surface area contributed by atoms with Crippen LogP contribution in [-0.4, -0.2) is 37.3 Å². The van der Waals surface area contributed by atoms with E-state index in [0.717, 1.165) is 0 Å². The first-order chi connectivity index (χ1) is 13.8. The first-order valence-electron chi connectivity index (χ1n) is 8.57. The van der Waals surface area contributed by atoms with Gasteiger partial charge in [-0.2, -0.15) is 13.2 Å². The maximum absolute atomic E-state index is 14.9. The molecular weight excluding hydrogens is 420 g/mol. The summed E-state index contributed by atoms with van der Waals surface area (Å²) in [4.78, 5) is 0. The van der Waals surface area contributed by atoms with Gasteiger partial charge in [-0.25, -0.2) is 4.39 Å². The van der Waals surface area contributed by atoms with Crippen LogP contribution in [0.3, 0.4) is 0 Å². The summed E-state index contributed by atoms with van der Waals surface area (Å²) in [5.41, 5.74) is -1.33. The average molecular weight is 435 g/mol. The van der Waals surface area contributed by atoms with E-state index >= 15 is 0 Å². The maximum Gasteiger partial charge on any atom is 0.416 e. The van der Waals surface area contributed by atoms with Gasteiger partial charge in [0, 0.05) is 31.3 Å². The molecule has 2 aliphatic rings. The largest absolute Gasteiger partial charge is 0.467 e. The van der Waals surface area contributed by atoms with Crippen LogP contribution in [0.15, 0.2) is 12.1 Å². The van der Waals surface area contributed by atoms with Gasteiger partial charge in [-0.05, 0) is 12.1 Å². The summed E-state index contributed by atoms with van der Waals surface area (Å²) < 4.78 is 75.7. The normalized spacial score (nSPS) is 21.0. The van der Waals surface area contributed by atoms with E-state index in [4.69, 9.17) is 30.5 Å². The van der Waals surface area contributed by atoms with E-state index in [1.54, 1.807) is 0 Å². The molecule has 3 heterocycles. The lowest BCUT2D eigenvalue weighted by Crippen LogP contribution is -2.26. The van der Waals surface area contributed by atoms with Crippen LogP contribution in [0.4, 0.5) is 17.6 Å². The smallest absolute Gasteiger partial charge is 0.416 e. The zero-order valence-electron chi connectivity index (χ0n) is 15.1. The summed E-state index contributed by atoms with van der Waals surface area (Å²) in [6.07, 6.45) is -4.24. The molecule has 0 amide bonds. The molecule has 0 saturated carbocycles. The molecule has 6 nitrogen and oxygen atoms in total. The number of nitrogens with zero attached hydrogens (tertiary/aromatic N) is 2. The molecule has 0 radical (unpaired) electrons. The van der Waals surface area contributed by atoms with Crippen LogP contribution in [0.2, 0.25) is 5.15 Å². The molecule has 1 unspecified atom stereocenters. The number of hydrogen-bond acceptors (Lipinski definition) is 6. The molecule has 1 fully saturated rings. The second-order valence-corrected chi connectivity index (χ2v) is 7.02. The highest BCUT2D eigenvalue weighted by Gasteiger charge is 2.47. The topological polar surface area (TPSA) is 62.7 Å². The van der Waals surface area contributed by atoms with Gasteiger partial charge in [0.15, 0.2) is 11.9 Å². The minimum Gasteiger partial charge on any atom is -0.467 e. The summed E-state index contributed by atoms with van der Waals surface area (Å²) in [6.45, 7) is 0.344. The fraction of sp³-hybridized carbons (Fsp3) is 0.444. The summed E-state index contributed by atoms with van der Waals surface area (Å²) in [7, 11) is 1.29. The molecule has 11 heteroatoms. The third-order valence-corrected chi connectivity index (χ3v) is 5.18. The molecule has 1 aromatic carbocycles. The lowest BCUT2D eigenvalue weighted by atomic mass is 9.91. The predicted octanol–water partition coefficient (Wildman–Crippen LogP) is 4.08. The van der Waals surface area contributed by atoms with Crippen LogP contribution in [0.25, 0.3) is 11.3 Å². The van der Waals surface area contributed by atoms with E-state index in [9.17, 15) is 17.6 Å².